The van der Waals surface area contributed by atoms with Crippen LogP contribution in [0, 0.1) is 0 Å². The van der Waals surface area contributed by atoms with Gasteiger partial charge in [0.15, 0.2) is 0 Å². The largest absolute Gasteiger partial charge is 0.310 e. The highest BCUT2D eigenvalue weighted by Crippen LogP contribution is 2.42. The molecule has 0 aliphatic carbocycles. The molecule has 0 radical (unpaired) electrons. The van der Waals surface area contributed by atoms with E-state index in [4.69, 9.17) is 0 Å². The maximum atomic E-state index is 2.39. The summed E-state index contributed by atoms with van der Waals surface area (Å²) in [6.45, 7) is 0. The number of hydrogen-bond donors (Lipinski definition) is 0. The number of rotatable bonds is 5. The summed E-state index contributed by atoms with van der Waals surface area (Å²) in [5.41, 5.74) is 8.19. The molecule has 1 nitrogen and oxygen atoms in total. The molecule has 0 spiro atoms. The minimum absolute atomic E-state index is 1.12. The third-order valence-electron chi connectivity index (χ3n) is 9.42. The molecule has 0 aliphatic rings. The molecule has 0 amide bonds. The van der Waals surface area contributed by atoms with E-state index >= 15 is 0 Å². The Balaban J connectivity index is 1.17. The lowest BCUT2D eigenvalue weighted by Gasteiger charge is -2.28. The van der Waals surface area contributed by atoms with E-state index in [1.54, 1.807) is 0 Å². The predicted molar refractivity (Wildman–Crippen MR) is 202 cm³/mol. The second-order valence-corrected chi connectivity index (χ2v) is 12.2. The number of benzene rings is 9. The molecule has 0 heterocycles. The van der Waals surface area contributed by atoms with Crippen LogP contribution in [0.2, 0.25) is 0 Å². The average molecular weight is 598 g/mol. The lowest BCUT2D eigenvalue weighted by molar-refractivity contribution is 1.29. The van der Waals surface area contributed by atoms with Crippen molar-refractivity contribution in [3.63, 3.8) is 0 Å². The third kappa shape index (κ3) is 4.81. The highest BCUT2D eigenvalue weighted by atomic mass is 15.1. The molecule has 47 heavy (non-hydrogen) atoms. The Morgan fingerprint density at radius 3 is 1.68 bits per heavy atom. The highest BCUT2D eigenvalue weighted by Gasteiger charge is 2.18. The molecule has 9 rings (SSSR count). The molecular weight excluding hydrogens is 567 g/mol. The molecule has 0 aliphatic heterocycles. The van der Waals surface area contributed by atoms with Crippen molar-refractivity contribution in [3.05, 3.63) is 188 Å². The van der Waals surface area contributed by atoms with Crippen molar-refractivity contribution >= 4 is 60.2 Å². The van der Waals surface area contributed by atoms with Gasteiger partial charge in [-0.2, -0.15) is 0 Å². The summed E-state index contributed by atoms with van der Waals surface area (Å²) in [4.78, 5) is 2.39. The van der Waals surface area contributed by atoms with Crippen molar-refractivity contribution in [1.29, 1.82) is 0 Å². The van der Waals surface area contributed by atoms with E-state index in [0.29, 0.717) is 0 Å². The first kappa shape index (κ1) is 27.2. The van der Waals surface area contributed by atoms with E-state index in [9.17, 15) is 0 Å². The van der Waals surface area contributed by atoms with Gasteiger partial charge in [-0.25, -0.2) is 0 Å². The zero-order valence-electron chi connectivity index (χ0n) is 25.8. The fraction of sp³-hybridized carbons (Fsp3) is 0. The smallest absolute Gasteiger partial charge is 0.0540 e. The van der Waals surface area contributed by atoms with Gasteiger partial charge in [0.2, 0.25) is 0 Å². The van der Waals surface area contributed by atoms with E-state index in [-0.39, 0.29) is 0 Å². The average Bonchev–Trinajstić information content (AvgIpc) is 3.15. The lowest BCUT2D eigenvalue weighted by Crippen LogP contribution is -2.11. The summed E-state index contributed by atoms with van der Waals surface area (Å²) >= 11 is 0. The van der Waals surface area contributed by atoms with Crippen molar-refractivity contribution in [2.45, 2.75) is 0 Å². The van der Waals surface area contributed by atoms with E-state index < -0.39 is 0 Å². The maximum Gasteiger partial charge on any atom is 0.0540 e. The number of nitrogens with zero attached hydrogens (tertiary/aromatic N) is 1. The van der Waals surface area contributed by atoms with E-state index in [1.807, 2.05) is 0 Å². The zero-order valence-corrected chi connectivity index (χ0v) is 25.8. The Hall–Kier alpha value is -6.18. The van der Waals surface area contributed by atoms with Gasteiger partial charge in [0.1, 0.15) is 0 Å². The number of para-hydroxylation sites is 1. The third-order valence-corrected chi connectivity index (χ3v) is 9.42. The van der Waals surface area contributed by atoms with Crippen LogP contribution in [0.5, 0.6) is 0 Å². The van der Waals surface area contributed by atoms with Gasteiger partial charge < -0.3 is 4.90 Å². The Labute approximate surface area is 274 Å². The summed E-state index contributed by atoms with van der Waals surface area (Å²) in [6.07, 6.45) is 0. The van der Waals surface area contributed by atoms with Gasteiger partial charge >= 0.3 is 0 Å². The quantitative estimate of drug-likeness (QED) is 0.178. The second kappa shape index (κ2) is 11.3. The first-order valence-corrected chi connectivity index (χ1v) is 16.2. The summed E-state index contributed by atoms with van der Waals surface area (Å²) in [7, 11) is 0. The van der Waals surface area contributed by atoms with Gasteiger partial charge in [0.05, 0.1) is 5.69 Å². The molecule has 220 valence electrons. The maximum absolute atomic E-state index is 2.39. The Bertz CT molecular complexity index is 2560. The fourth-order valence-corrected chi connectivity index (χ4v) is 7.07. The minimum atomic E-state index is 1.12. The van der Waals surface area contributed by atoms with Crippen LogP contribution in [-0.2, 0) is 0 Å². The monoisotopic (exact) mass is 597 g/mol. The van der Waals surface area contributed by atoms with E-state index in [1.165, 1.54) is 65.3 Å². The summed E-state index contributed by atoms with van der Waals surface area (Å²) < 4.78 is 0. The summed E-state index contributed by atoms with van der Waals surface area (Å²) in [5, 5.41) is 10.2. The van der Waals surface area contributed by atoms with Gasteiger partial charge in [0.25, 0.3) is 0 Å². The number of hydrogen-bond acceptors (Lipinski definition) is 1. The molecule has 1 heteroatoms. The molecule has 9 aromatic rings. The van der Waals surface area contributed by atoms with Crippen molar-refractivity contribution in [2.24, 2.45) is 0 Å². The minimum Gasteiger partial charge on any atom is -0.310 e. The van der Waals surface area contributed by atoms with Crippen LogP contribution in [0.25, 0.3) is 65.3 Å². The number of anilines is 3. The molecule has 0 saturated heterocycles. The van der Waals surface area contributed by atoms with Crippen molar-refractivity contribution in [1.82, 2.24) is 0 Å². The van der Waals surface area contributed by atoms with Crippen LogP contribution in [0.3, 0.4) is 0 Å². The van der Waals surface area contributed by atoms with Crippen LogP contribution in [0.1, 0.15) is 0 Å². The SMILES string of the molecule is c1ccc(-c2ccccc2N(c2ccc(-c3ccc4ccc5c6ccccc6ccc5c4c3)cc2)c2ccc3ccccc3c2)cc1. The first-order chi connectivity index (χ1) is 23.3. The van der Waals surface area contributed by atoms with Crippen LogP contribution >= 0.6 is 0 Å². The van der Waals surface area contributed by atoms with Crippen LogP contribution in [0.4, 0.5) is 17.1 Å². The van der Waals surface area contributed by atoms with Crippen molar-refractivity contribution in [3.8, 4) is 22.3 Å². The molecule has 0 fully saturated rings. The highest BCUT2D eigenvalue weighted by molar-refractivity contribution is 6.17. The van der Waals surface area contributed by atoms with Gasteiger partial charge in [-0.1, -0.05) is 152 Å². The van der Waals surface area contributed by atoms with Gasteiger partial charge in [-0.05, 0) is 96.2 Å². The van der Waals surface area contributed by atoms with Crippen molar-refractivity contribution in [2.75, 3.05) is 4.90 Å². The summed E-state index contributed by atoms with van der Waals surface area (Å²) in [6, 6.07) is 68.3. The molecular formula is C46H31N. The molecule has 0 atom stereocenters. The zero-order chi connectivity index (χ0) is 31.2. The van der Waals surface area contributed by atoms with Crippen LogP contribution in [-0.4, -0.2) is 0 Å². The second-order valence-electron chi connectivity index (χ2n) is 12.2. The molecule has 0 unspecified atom stereocenters. The lowest BCUT2D eigenvalue weighted by atomic mass is 9.94. The normalized spacial score (nSPS) is 11.4. The Morgan fingerprint density at radius 2 is 0.851 bits per heavy atom. The van der Waals surface area contributed by atoms with Crippen molar-refractivity contribution < 1.29 is 0 Å². The van der Waals surface area contributed by atoms with E-state index in [0.717, 1.165) is 17.1 Å². The molecule has 0 bridgehead atoms. The molecule has 9 aromatic carbocycles. The fourth-order valence-electron chi connectivity index (χ4n) is 7.07. The van der Waals surface area contributed by atoms with Gasteiger partial charge in [0, 0.05) is 16.9 Å². The Morgan fingerprint density at radius 1 is 0.277 bits per heavy atom. The van der Waals surface area contributed by atoms with Crippen LogP contribution in [0.15, 0.2) is 188 Å². The van der Waals surface area contributed by atoms with E-state index in [2.05, 4.69) is 193 Å². The molecule has 0 saturated carbocycles. The summed E-state index contributed by atoms with van der Waals surface area (Å²) in [5.74, 6) is 0. The van der Waals surface area contributed by atoms with Crippen LogP contribution < -0.4 is 4.90 Å². The topological polar surface area (TPSA) is 3.24 Å². The molecule has 0 aromatic heterocycles. The molecule has 0 N–H and O–H groups in total. The first-order valence-electron chi connectivity index (χ1n) is 16.2. The standard InChI is InChI=1S/C46H31N/c1-2-11-34(12-3-1)42-16-8-9-17-46(42)47(40-27-22-32-10-4-5-14-37(32)30-40)39-25-20-33(21-26-39)38-19-18-36-24-28-43-41-15-7-6-13-35(41)23-29-44(43)45(36)31-38/h1-31H. The predicted octanol–water partition coefficient (Wildman–Crippen LogP) is 13.1. The van der Waals surface area contributed by atoms with Gasteiger partial charge in [-0.15, -0.1) is 0 Å². The Kier molecular flexibility index (Phi) is 6.54. The number of fused-ring (bicyclic) bond motifs is 6. The van der Waals surface area contributed by atoms with Gasteiger partial charge in [-0.3, -0.25) is 0 Å².